The number of hydrogen-bond donors (Lipinski definition) is 0. The van der Waals surface area contributed by atoms with Gasteiger partial charge in [0, 0.05) is 17.8 Å². The average Bonchev–Trinajstić information content (AvgIpc) is 3.09. The number of alkyl halides is 3. The van der Waals surface area contributed by atoms with E-state index in [1.54, 1.807) is 0 Å². The van der Waals surface area contributed by atoms with Gasteiger partial charge in [-0.1, -0.05) is 12.1 Å². The molecular weight excluding hydrogens is 427 g/mol. The highest BCUT2D eigenvalue weighted by Gasteiger charge is 2.54. The number of urea groups is 1. The van der Waals surface area contributed by atoms with Crippen LogP contribution in [-0.4, -0.2) is 43.0 Å². The summed E-state index contributed by atoms with van der Waals surface area (Å²) in [5, 5.41) is 11.1. The van der Waals surface area contributed by atoms with E-state index in [1.807, 2.05) is 0 Å². The van der Waals surface area contributed by atoms with Gasteiger partial charge in [-0.05, 0) is 24.3 Å². The predicted molar refractivity (Wildman–Crippen MR) is 101 cm³/mol. The van der Waals surface area contributed by atoms with Crippen LogP contribution in [0.1, 0.15) is 5.56 Å². The van der Waals surface area contributed by atoms with E-state index in [-0.39, 0.29) is 22.8 Å². The molecule has 2 aliphatic heterocycles. The van der Waals surface area contributed by atoms with Crippen molar-refractivity contribution in [3.63, 3.8) is 0 Å². The first-order chi connectivity index (χ1) is 14.0. The summed E-state index contributed by atoms with van der Waals surface area (Å²) in [5.74, 6) is -0.799. The lowest BCUT2D eigenvalue weighted by molar-refractivity contribution is -0.384. The number of anilines is 2. The van der Waals surface area contributed by atoms with E-state index < -0.39 is 50.4 Å². The van der Waals surface area contributed by atoms with Crippen molar-refractivity contribution in [1.29, 1.82) is 0 Å². The molecule has 0 aromatic heterocycles. The Bertz CT molecular complexity index is 1150. The van der Waals surface area contributed by atoms with Crippen molar-refractivity contribution in [3.8, 4) is 0 Å². The Balaban J connectivity index is 1.81. The summed E-state index contributed by atoms with van der Waals surface area (Å²) >= 11 is 0. The maximum absolute atomic E-state index is 13.2. The second-order valence-electron chi connectivity index (χ2n) is 7.06. The topological polar surface area (TPSA) is 101 Å². The first kappa shape index (κ1) is 20.1. The molecule has 2 aromatic carbocycles. The number of carbonyl (C=O) groups is 1. The number of hydrogen-bond acceptors (Lipinski definition) is 5. The largest absolute Gasteiger partial charge is 0.416 e. The van der Waals surface area contributed by atoms with Crippen LogP contribution in [0.25, 0.3) is 0 Å². The van der Waals surface area contributed by atoms with E-state index >= 15 is 0 Å². The van der Waals surface area contributed by atoms with E-state index in [9.17, 15) is 36.5 Å². The second-order valence-corrected chi connectivity index (χ2v) is 9.21. The summed E-state index contributed by atoms with van der Waals surface area (Å²) in [7, 11) is -3.57. The van der Waals surface area contributed by atoms with Gasteiger partial charge in [-0.3, -0.25) is 19.9 Å². The fraction of sp³-hybridized carbons (Fsp3) is 0.278. The Morgan fingerprint density at radius 2 is 1.50 bits per heavy atom. The van der Waals surface area contributed by atoms with E-state index in [0.717, 1.165) is 34.1 Å². The van der Waals surface area contributed by atoms with E-state index in [0.29, 0.717) is 0 Å². The third-order valence-corrected chi connectivity index (χ3v) is 6.84. The Morgan fingerprint density at radius 1 is 0.967 bits per heavy atom. The Labute approximate surface area is 168 Å². The summed E-state index contributed by atoms with van der Waals surface area (Å²) < 4.78 is 63.9. The first-order valence-electron chi connectivity index (χ1n) is 8.72. The highest BCUT2D eigenvalue weighted by molar-refractivity contribution is 7.91. The number of benzene rings is 2. The SMILES string of the molecule is O=C1N(c2cccc(C(F)(F)F)c2)[C@@H]2CS(=O)(=O)C[C@@H]2N1c1cccc([N+](=O)[O-])c1. The molecule has 30 heavy (non-hydrogen) atoms. The monoisotopic (exact) mass is 441 g/mol. The molecule has 0 unspecified atom stereocenters. The molecule has 2 saturated heterocycles. The van der Waals surface area contributed by atoms with E-state index in [4.69, 9.17) is 0 Å². The van der Waals surface area contributed by atoms with E-state index in [2.05, 4.69) is 0 Å². The van der Waals surface area contributed by atoms with Crippen LogP contribution in [0.15, 0.2) is 48.5 Å². The minimum Gasteiger partial charge on any atom is -0.288 e. The average molecular weight is 441 g/mol. The van der Waals surface area contributed by atoms with Crippen LogP contribution in [-0.2, 0) is 16.0 Å². The Kier molecular flexibility index (Phi) is 4.49. The van der Waals surface area contributed by atoms with Gasteiger partial charge in [-0.2, -0.15) is 13.2 Å². The van der Waals surface area contributed by atoms with Gasteiger partial charge in [0.2, 0.25) is 0 Å². The number of non-ortho nitro benzene ring substituents is 1. The van der Waals surface area contributed by atoms with Crippen molar-refractivity contribution in [3.05, 3.63) is 64.2 Å². The molecule has 0 spiro atoms. The second kappa shape index (κ2) is 6.69. The van der Waals surface area contributed by atoms with Crippen LogP contribution in [0.4, 0.5) is 35.0 Å². The van der Waals surface area contributed by atoms with Gasteiger partial charge < -0.3 is 0 Å². The number of rotatable bonds is 3. The quantitative estimate of drug-likeness (QED) is 0.414. The number of halogens is 3. The van der Waals surface area contributed by atoms with Crippen molar-refractivity contribution in [1.82, 2.24) is 0 Å². The van der Waals surface area contributed by atoms with Gasteiger partial charge in [0.15, 0.2) is 9.84 Å². The molecule has 2 fully saturated rings. The molecule has 4 rings (SSSR count). The van der Waals surface area contributed by atoms with Crippen molar-refractivity contribution in [2.45, 2.75) is 18.3 Å². The zero-order valence-corrected chi connectivity index (χ0v) is 15.9. The van der Waals surface area contributed by atoms with E-state index in [1.165, 1.54) is 24.3 Å². The molecule has 2 aromatic rings. The number of nitrogens with zero attached hydrogens (tertiary/aromatic N) is 3. The summed E-state index contributed by atoms with van der Waals surface area (Å²) in [6.45, 7) is 0. The van der Waals surface area contributed by atoms with Crippen LogP contribution in [0.5, 0.6) is 0 Å². The summed E-state index contributed by atoms with van der Waals surface area (Å²) in [6.07, 6.45) is -4.64. The van der Waals surface area contributed by atoms with Crippen LogP contribution in [0, 0.1) is 10.1 Å². The van der Waals surface area contributed by atoms with Crippen LogP contribution in [0.2, 0.25) is 0 Å². The number of sulfone groups is 1. The smallest absolute Gasteiger partial charge is 0.288 e. The molecule has 8 nitrogen and oxygen atoms in total. The molecule has 2 aliphatic rings. The summed E-state index contributed by atoms with van der Waals surface area (Å²) in [5.41, 5.74) is -1.25. The number of nitro benzene ring substituents is 1. The maximum atomic E-state index is 13.2. The van der Waals surface area contributed by atoms with Crippen molar-refractivity contribution in [2.24, 2.45) is 0 Å². The molecule has 0 radical (unpaired) electrons. The lowest BCUT2D eigenvalue weighted by atomic mass is 10.1. The number of amides is 2. The molecule has 0 saturated carbocycles. The Hall–Kier alpha value is -3.15. The van der Waals surface area contributed by atoms with Crippen molar-refractivity contribution < 1.29 is 31.3 Å². The van der Waals surface area contributed by atoms with Crippen molar-refractivity contribution >= 4 is 32.9 Å². The molecule has 2 amide bonds. The third kappa shape index (κ3) is 3.36. The summed E-state index contributed by atoms with van der Waals surface area (Å²) in [6, 6.07) is 6.68. The highest BCUT2D eigenvalue weighted by Crippen LogP contribution is 2.40. The predicted octanol–water partition coefficient (Wildman–Crippen LogP) is 3.23. The molecule has 2 atom stereocenters. The van der Waals surface area contributed by atoms with Gasteiger partial charge in [-0.25, -0.2) is 13.2 Å². The van der Waals surface area contributed by atoms with Crippen LogP contribution in [0.3, 0.4) is 0 Å². The van der Waals surface area contributed by atoms with Gasteiger partial charge in [0.1, 0.15) is 0 Å². The number of fused-ring (bicyclic) bond motifs is 1. The van der Waals surface area contributed by atoms with Crippen molar-refractivity contribution in [2.75, 3.05) is 21.3 Å². The fourth-order valence-corrected chi connectivity index (χ4v) is 5.82. The molecule has 2 heterocycles. The van der Waals surface area contributed by atoms with Gasteiger partial charge in [0.25, 0.3) is 5.69 Å². The zero-order chi connectivity index (χ0) is 21.8. The molecule has 0 bridgehead atoms. The van der Waals surface area contributed by atoms with Gasteiger partial charge in [-0.15, -0.1) is 0 Å². The minimum atomic E-state index is -4.64. The van der Waals surface area contributed by atoms with Gasteiger partial charge in [0.05, 0.1) is 39.8 Å². The minimum absolute atomic E-state index is 0.0881. The summed E-state index contributed by atoms with van der Waals surface area (Å²) in [4.78, 5) is 25.8. The number of nitro groups is 1. The normalized spacial score (nSPS) is 23.0. The fourth-order valence-electron chi connectivity index (χ4n) is 3.90. The van der Waals surface area contributed by atoms with Crippen LogP contribution >= 0.6 is 0 Å². The number of carbonyl (C=O) groups excluding carboxylic acids is 1. The van der Waals surface area contributed by atoms with Gasteiger partial charge >= 0.3 is 12.2 Å². The molecule has 0 N–H and O–H groups in total. The van der Waals surface area contributed by atoms with Crippen LogP contribution < -0.4 is 9.80 Å². The molecule has 0 aliphatic carbocycles. The Morgan fingerprint density at radius 3 is 2.03 bits per heavy atom. The zero-order valence-electron chi connectivity index (χ0n) is 15.1. The first-order valence-corrected chi connectivity index (χ1v) is 10.5. The lowest BCUT2D eigenvalue weighted by Gasteiger charge is -2.23. The standard InChI is InChI=1S/C18H14F3N3O5S/c19-18(20,21)11-3-1-4-12(7-11)22-15-9-30(28,29)10-16(15)23(17(22)25)13-5-2-6-14(8-13)24(26)27/h1-8,15-16H,9-10H2/t15-,16+/m1/s1. The highest BCUT2D eigenvalue weighted by atomic mass is 32.2. The third-order valence-electron chi connectivity index (χ3n) is 5.14. The lowest BCUT2D eigenvalue weighted by Crippen LogP contribution is -2.38. The molecular formula is C18H14F3N3O5S. The maximum Gasteiger partial charge on any atom is 0.416 e. The molecule has 158 valence electrons. The molecule has 12 heteroatoms.